The lowest BCUT2D eigenvalue weighted by atomic mass is 10.2. The van der Waals surface area contributed by atoms with Crippen LogP contribution in [0.25, 0.3) is 0 Å². The van der Waals surface area contributed by atoms with Gasteiger partial charge in [-0.25, -0.2) is 0 Å². The van der Waals surface area contributed by atoms with Crippen LogP contribution in [0.3, 0.4) is 0 Å². The molecule has 1 unspecified atom stereocenters. The lowest BCUT2D eigenvalue weighted by Gasteiger charge is -2.16. The highest BCUT2D eigenvalue weighted by Crippen LogP contribution is 2.30. The van der Waals surface area contributed by atoms with Crippen LogP contribution in [-0.4, -0.2) is 39.5 Å². The molecule has 1 N–H and O–H groups in total. The maximum atomic E-state index is 5.94. The SMILES string of the molecule is COCCCNCC1CCOc2ccccc2O1. The molecule has 0 saturated heterocycles. The molecule has 4 heteroatoms. The lowest BCUT2D eigenvalue weighted by Crippen LogP contribution is -2.32. The zero-order valence-electron chi connectivity index (χ0n) is 10.9. The Balaban J connectivity index is 1.77. The molecule has 1 aliphatic heterocycles. The molecular weight excluding hydrogens is 230 g/mol. The van der Waals surface area contributed by atoms with Crippen molar-refractivity contribution in [3.63, 3.8) is 0 Å². The van der Waals surface area contributed by atoms with Crippen LogP contribution in [0.2, 0.25) is 0 Å². The maximum absolute atomic E-state index is 5.94. The summed E-state index contributed by atoms with van der Waals surface area (Å²) in [5.41, 5.74) is 0. The topological polar surface area (TPSA) is 39.7 Å². The van der Waals surface area contributed by atoms with E-state index < -0.39 is 0 Å². The van der Waals surface area contributed by atoms with Gasteiger partial charge < -0.3 is 19.5 Å². The van der Waals surface area contributed by atoms with Gasteiger partial charge in [0, 0.05) is 26.7 Å². The largest absolute Gasteiger partial charge is 0.490 e. The van der Waals surface area contributed by atoms with Crippen molar-refractivity contribution >= 4 is 0 Å². The van der Waals surface area contributed by atoms with Gasteiger partial charge in [0.05, 0.1) is 6.61 Å². The van der Waals surface area contributed by atoms with Crippen molar-refractivity contribution in [2.45, 2.75) is 18.9 Å². The first-order valence-corrected chi connectivity index (χ1v) is 6.48. The Morgan fingerprint density at radius 3 is 3.00 bits per heavy atom. The van der Waals surface area contributed by atoms with Crippen molar-refractivity contribution < 1.29 is 14.2 Å². The summed E-state index contributed by atoms with van der Waals surface area (Å²) in [7, 11) is 1.72. The fraction of sp³-hybridized carbons (Fsp3) is 0.571. The summed E-state index contributed by atoms with van der Waals surface area (Å²) in [6, 6.07) is 7.84. The first-order chi connectivity index (χ1) is 8.90. The second-order valence-corrected chi connectivity index (χ2v) is 4.37. The van der Waals surface area contributed by atoms with Crippen LogP contribution < -0.4 is 14.8 Å². The normalized spacial score (nSPS) is 18.4. The van der Waals surface area contributed by atoms with Crippen LogP contribution in [-0.2, 0) is 4.74 Å². The molecule has 2 rings (SSSR count). The van der Waals surface area contributed by atoms with Crippen LogP contribution in [0, 0.1) is 0 Å². The van der Waals surface area contributed by atoms with Gasteiger partial charge in [-0.2, -0.15) is 0 Å². The van der Waals surface area contributed by atoms with Crippen molar-refractivity contribution in [3.8, 4) is 11.5 Å². The molecule has 0 fully saturated rings. The van der Waals surface area contributed by atoms with E-state index in [-0.39, 0.29) is 6.10 Å². The third-order valence-corrected chi connectivity index (χ3v) is 2.91. The number of ether oxygens (including phenoxy) is 3. The van der Waals surface area contributed by atoms with E-state index in [1.165, 1.54) is 0 Å². The number of fused-ring (bicyclic) bond motifs is 1. The number of hydrogen-bond acceptors (Lipinski definition) is 4. The molecule has 1 atom stereocenters. The molecule has 0 aromatic heterocycles. The Bertz CT molecular complexity index is 357. The van der Waals surface area contributed by atoms with Crippen LogP contribution in [0.5, 0.6) is 11.5 Å². The minimum absolute atomic E-state index is 0.177. The van der Waals surface area contributed by atoms with Gasteiger partial charge in [0.1, 0.15) is 6.10 Å². The summed E-state index contributed by atoms with van der Waals surface area (Å²) in [5.74, 6) is 1.69. The van der Waals surface area contributed by atoms with Gasteiger partial charge >= 0.3 is 0 Å². The zero-order valence-corrected chi connectivity index (χ0v) is 10.9. The van der Waals surface area contributed by atoms with Crippen LogP contribution in [0.1, 0.15) is 12.8 Å². The fourth-order valence-corrected chi connectivity index (χ4v) is 1.95. The predicted octanol–water partition coefficient (Wildman–Crippen LogP) is 1.84. The van der Waals surface area contributed by atoms with E-state index in [0.717, 1.165) is 44.0 Å². The first kappa shape index (κ1) is 13.2. The van der Waals surface area contributed by atoms with Crippen molar-refractivity contribution in [3.05, 3.63) is 24.3 Å². The van der Waals surface area contributed by atoms with Crippen LogP contribution in [0.15, 0.2) is 24.3 Å². The Morgan fingerprint density at radius 1 is 1.33 bits per heavy atom. The summed E-state index contributed by atoms with van der Waals surface area (Å²) < 4.78 is 16.6. The second-order valence-electron chi connectivity index (χ2n) is 4.37. The molecule has 0 saturated carbocycles. The van der Waals surface area contributed by atoms with Gasteiger partial charge in [0.25, 0.3) is 0 Å². The molecule has 0 bridgehead atoms. The summed E-state index contributed by atoms with van der Waals surface area (Å²) in [4.78, 5) is 0. The molecule has 100 valence electrons. The minimum Gasteiger partial charge on any atom is -0.490 e. The third kappa shape index (κ3) is 3.89. The number of rotatable bonds is 6. The van der Waals surface area contributed by atoms with E-state index >= 15 is 0 Å². The average molecular weight is 251 g/mol. The molecule has 18 heavy (non-hydrogen) atoms. The molecule has 0 amide bonds. The van der Waals surface area contributed by atoms with E-state index in [4.69, 9.17) is 14.2 Å². The van der Waals surface area contributed by atoms with Crippen molar-refractivity contribution in [1.29, 1.82) is 0 Å². The molecule has 0 aliphatic carbocycles. The Hall–Kier alpha value is -1.26. The van der Waals surface area contributed by atoms with E-state index in [9.17, 15) is 0 Å². The molecule has 1 aliphatic rings. The van der Waals surface area contributed by atoms with Gasteiger partial charge in [0.15, 0.2) is 11.5 Å². The summed E-state index contributed by atoms with van der Waals surface area (Å²) >= 11 is 0. The highest BCUT2D eigenvalue weighted by molar-refractivity contribution is 5.40. The summed E-state index contributed by atoms with van der Waals surface area (Å²) in [5, 5.41) is 3.39. The maximum Gasteiger partial charge on any atom is 0.161 e. The van der Waals surface area contributed by atoms with Gasteiger partial charge in [-0.15, -0.1) is 0 Å². The van der Waals surface area contributed by atoms with Gasteiger partial charge in [-0.05, 0) is 25.1 Å². The second kappa shape index (κ2) is 7.24. The number of hydrogen-bond donors (Lipinski definition) is 1. The van der Waals surface area contributed by atoms with E-state index in [1.54, 1.807) is 7.11 Å². The Labute approximate surface area is 108 Å². The third-order valence-electron chi connectivity index (χ3n) is 2.91. The summed E-state index contributed by atoms with van der Waals surface area (Å²) in [6.45, 7) is 3.31. The van der Waals surface area contributed by atoms with Crippen molar-refractivity contribution in [2.24, 2.45) is 0 Å². The standard InChI is InChI=1S/C14H21NO3/c1-16-9-4-8-15-11-12-7-10-17-13-5-2-3-6-14(13)18-12/h2-3,5-6,12,15H,4,7-11H2,1H3. The zero-order chi connectivity index (χ0) is 12.6. The first-order valence-electron chi connectivity index (χ1n) is 6.48. The van der Waals surface area contributed by atoms with E-state index in [2.05, 4.69) is 5.32 Å². The average Bonchev–Trinajstić information content (AvgIpc) is 2.60. The van der Waals surface area contributed by atoms with E-state index in [1.807, 2.05) is 24.3 Å². The molecule has 1 aromatic carbocycles. The molecule has 1 heterocycles. The Morgan fingerprint density at radius 2 is 2.17 bits per heavy atom. The predicted molar refractivity (Wildman–Crippen MR) is 70.3 cm³/mol. The highest BCUT2D eigenvalue weighted by atomic mass is 16.5. The number of methoxy groups -OCH3 is 1. The van der Waals surface area contributed by atoms with Crippen molar-refractivity contribution in [2.75, 3.05) is 33.4 Å². The van der Waals surface area contributed by atoms with Crippen molar-refractivity contribution in [1.82, 2.24) is 5.32 Å². The molecule has 4 nitrogen and oxygen atoms in total. The van der Waals surface area contributed by atoms with E-state index in [0.29, 0.717) is 6.61 Å². The number of benzene rings is 1. The molecule has 0 spiro atoms. The lowest BCUT2D eigenvalue weighted by molar-refractivity contribution is 0.177. The number of para-hydroxylation sites is 2. The summed E-state index contributed by atoms with van der Waals surface area (Å²) in [6.07, 6.45) is 2.11. The van der Waals surface area contributed by atoms with Gasteiger partial charge in [0.2, 0.25) is 0 Å². The molecule has 1 aromatic rings. The van der Waals surface area contributed by atoms with Crippen LogP contribution in [0.4, 0.5) is 0 Å². The molecular formula is C14H21NO3. The smallest absolute Gasteiger partial charge is 0.161 e. The highest BCUT2D eigenvalue weighted by Gasteiger charge is 2.17. The minimum atomic E-state index is 0.177. The van der Waals surface area contributed by atoms with Crippen LogP contribution >= 0.6 is 0 Å². The quantitative estimate of drug-likeness (QED) is 0.783. The molecule has 0 radical (unpaired) electrons. The Kier molecular flexibility index (Phi) is 5.30. The fourth-order valence-electron chi connectivity index (χ4n) is 1.95. The number of nitrogens with one attached hydrogen (secondary N) is 1. The monoisotopic (exact) mass is 251 g/mol. The van der Waals surface area contributed by atoms with Gasteiger partial charge in [-0.1, -0.05) is 12.1 Å². The van der Waals surface area contributed by atoms with Gasteiger partial charge in [-0.3, -0.25) is 0 Å².